The Kier molecular flexibility index (Phi) is 6.20. The molecule has 144 valence electrons. The van der Waals surface area contributed by atoms with Gasteiger partial charge in [0.15, 0.2) is 0 Å². The average Bonchev–Trinajstić information content (AvgIpc) is 2.72. The summed E-state index contributed by atoms with van der Waals surface area (Å²) < 4.78 is 0. The molecule has 2 fully saturated rings. The predicted octanol–water partition coefficient (Wildman–Crippen LogP) is 4.71. The first-order valence-corrected chi connectivity index (χ1v) is 11.0. The zero-order chi connectivity index (χ0) is 18.6. The zero-order valence-corrected chi connectivity index (χ0v) is 17.4. The molecule has 0 N–H and O–H groups in total. The number of piperidine rings is 2. The maximum absolute atomic E-state index is 6.13. The van der Waals surface area contributed by atoms with Gasteiger partial charge in [0.05, 0.1) is 10.0 Å². The fraction of sp³-hybridized carbons (Fsp3) is 0.556. The van der Waals surface area contributed by atoms with Gasteiger partial charge in [-0.1, -0.05) is 23.2 Å². The highest BCUT2D eigenvalue weighted by Gasteiger charge is 2.21. The SMILES string of the molecule is Clc1cnc(Sc2nc(N3CCCCC3)nc(N3CCCCC3)n2)cc1Cl. The first-order chi connectivity index (χ1) is 13.2. The van der Waals surface area contributed by atoms with E-state index in [2.05, 4.69) is 14.8 Å². The van der Waals surface area contributed by atoms with Crippen molar-refractivity contribution in [2.45, 2.75) is 48.7 Å². The molecule has 0 aromatic carbocycles. The van der Waals surface area contributed by atoms with Crippen LogP contribution in [-0.4, -0.2) is 46.1 Å². The molecule has 2 aromatic heterocycles. The fourth-order valence-corrected chi connectivity index (χ4v) is 4.44. The molecule has 0 aliphatic carbocycles. The normalized spacial score (nSPS) is 18.0. The molecule has 27 heavy (non-hydrogen) atoms. The second kappa shape index (κ2) is 8.80. The van der Waals surface area contributed by atoms with Crippen molar-refractivity contribution in [3.63, 3.8) is 0 Å². The number of halogens is 2. The summed E-state index contributed by atoms with van der Waals surface area (Å²) in [5, 5.41) is 2.30. The third-order valence-corrected chi connectivity index (χ3v) is 6.36. The lowest BCUT2D eigenvalue weighted by Crippen LogP contribution is -2.34. The molecule has 0 saturated carbocycles. The van der Waals surface area contributed by atoms with E-state index in [1.807, 2.05) is 0 Å². The molecule has 4 heterocycles. The summed E-state index contributed by atoms with van der Waals surface area (Å²) in [6, 6.07) is 1.75. The van der Waals surface area contributed by atoms with Crippen molar-refractivity contribution in [2.24, 2.45) is 0 Å². The molecule has 0 amide bonds. The van der Waals surface area contributed by atoms with Gasteiger partial charge in [0.2, 0.25) is 17.1 Å². The summed E-state index contributed by atoms with van der Waals surface area (Å²) in [6.07, 6.45) is 8.83. The van der Waals surface area contributed by atoms with Gasteiger partial charge in [-0.15, -0.1) is 0 Å². The van der Waals surface area contributed by atoms with Crippen molar-refractivity contribution in [1.82, 2.24) is 19.9 Å². The smallest absolute Gasteiger partial charge is 0.231 e. The number of aromatic nitrogens is 4. The summed E-state index contributed by atoms with van der Waals surface area (Å²) in [4.78, 5) is 23.1. The molecule has 2 saturated heterocycles. The topological polar surface area (TPSA) is 58.0 Å². The van der Waals surface area contributed by atoms with E-state index in [0.717, 1.165) is 43.1 Å². The molecular formula is C18H22Cl2N6S. The van der Waals surface area contributed by atoms with E-state index in [9.17, 15) is 0 Å². The first-order valence-electron chi connectivity index (χ1n) is 9.44. The maximum atomic E-state index is 6.13. The van der Waals surface area contributed by atoms with Gasteiger partial charge >= 0.3 is 0 Å². The minimum Gasteiger partial charge on any atom is -0.341 e. The van der Waals surface area contributed by atoms with Crippen LogP contribution in [0.5, 0.6) is 0 Å². The van der Waals surface area contributed by atoms with E-state index in [4.69, 9.17) is 38.2 Å². The van der Waals surface area contributed by atoms with E-state index in [1.54, 1.807) is 12.3 Å². The Morgan fingerprint density at radius 1 is 0.741 bits per heavy atom. The van der Waals surface area contributed by atoms with Gasteiger partial charge in [-0.3, -0.25) is 0 Å². The van der Waals surface area contributed by atoms with Crippen LogP contribution in [0.1, 0.15) is 38.5 Å². The zero-order valence-electron chi connectivity index (χ0n) is 15.1. The van der Waals surface area contributed by atoms with Crippen LogP contribution >= 0.6 is 35.0 Å². The number of nitrogens with zero attached hydrogens (tertiary/aromatic N) is 6. The summed E-state index contributed by atoms with van der Waals surface area (Å²) >= 11 is 13.5. The maximum Gasteiger partial charge on any atom is 0.231 e. The molecule has 2 aliphatic heterocycles. The van der Waals surface area contributed by atoms with Crippen LogP contribution in [-0.2, 0) is 0 Å². The highest BCUT2D eigenvalue weighted by molar-refractivity contribution is 7.99. The molecule has 0 bridgehead atoms. The van der Waals surface area contributed by atoms with Crippen molar-refractivity contribution >= 4 is 46.9 Å². The molecular weight excluding hydrogens is 403 g/mol. The Hall–Kier alpha value is -1.31. The van der Waals surface area contributed by atoms with Crippen molar-refractivity contribution in [2.75, 3.05) is 36.0 Å². The van der Waals surface area contributed by atoms with Crippen LogP contribution in [0.2, 0.25) is 10.0 Å². The van der Waals surface area contributed by atoms with Crippen molar-refractivity contribution in [3.05, 3.63) is 22.3 Å². The predicted molar refractivity (Wildman–Crippen MR) is 110 cm³/mol. The number of rotatable bonds is 4. The summed E-state index contributed by atoms with van der Waals surface area (Å²) in [7, 11) is 0. The molecule has 0 unspecified atom stereocenters. The average molecular weight is 425 g/mol. The first kappa shape index (κ1) is 19.0. The van der Waals surface area contributed by atoms with E-state index in [-0.39, 0.29) is 0 Å². The Balaban J connectivity index is 1.64. The lowest BCUT2D eigenvalue weighted by atomic mass is 10.1. The van der Waals surface area contributed by atoms with Crippen LogP contribution in [0.25, 0.3) is 0 Å². The second-order valence-corrected chi connectivity index (χ2v) is 8.65. The fourth-order valence-electron chi connectivity index (χ4n) is 3.40. The van der Waals surface area contributed by atoms with Gasteiger partial charge in [-0.25, -0.2) is 4.98 Å². The third kappa shape index (κ3) is 4.76. The van der Waals surface area contributed by atoms with Crippen LogP contribution in [0, 0.1) is 0 Å². The second-order valence-electron chi connectivity index (χ2n) is 6.85. The van der Waals surface area contributed by atoms with Crippen LogP contribution < -0.4 is 9.80 Å². The third-order valence-electron chi connectivity index (χ3n) is 4.85. The number of hydrogen-bond acceptors (Lipinski definition) is 7. The highest BCUT2D eigenvalue weighted by Crippen LogP contribution is 2.31. The van der Waals surface area contributed by atoms with Crippen molar-refractivity contribution in [1.29, 1.82) is 0 Å². The molecule has 6 nitrogen and oxygen atoms in total. The van der Waals surface area contributed by atoms with Gasteiger partial charge < -0.3 is 9.80 Å². The van der Waals surface area contributed by atoms with Gasteiger partial charge in [-0.05, 0) is 56.4 Å². The van der Waals surface area contributed by atoms with Crippen molar-refractivity contribution in [3.8, 4) is 0 Å². The molecule has 4 rings (SSSR count). The van der Waals surface area contributed by atoms with Crippen LogP contribution in [0.4, 0.5) is 11.9 Å². The Labute approximate surface area is 173 Å². The van der Waals surface area contributed by atoms with E-state index >= 15 is 0 Å². The van der Waals surface area contributed by atoms with E-state index in [1.165, 1.54) is 50.3 Å². The lowest BCUT2D eigenvalue weighted by molar-refractivity contribution is 0.551. The summed E-state index contributed by atoms with van der Waals surface area (Å²) in [6.45, 7) is 3.99. The molecule has 2 aromatic rings. The molecule has 9 heteroatoms. The van der Waals surface area contributed by atoms with Gasteiger partial charge in [0.1, 0.15) is 5.03 Å². The molecule has 0 atom stereocenters. The van der Waals surface area contributed by atoms with Gasteiger partial charge in [0, 0.05) is 32.4 Å². The van der Waals surface area contributed by atoms with Crippen molar-refractivity contribution < 1.29 is 0 Å². The molecule has 0 radical (unpaired) electrons. The number of pyridine rings is 1. The standard InChI is InChI=1S/C18H22Cl2N6S/c19-13-11-15(21-12-14(13)20)27-18-23-16(25-7-3-1-4-8-25)22-17(24-18)26-9-5-2-6-10-26/h11-12H,1-10H2. The Morgan fingerprint density at radius 2 is 1.30 bits per heavy atom. The van der Waals surface area contributed by atoms with Gasteiger partial charge in [0.25, 0.3) is 0 Å². The summed E-state index contributed by atoms with van der Waals surface area (Å²) in [5.74, 6) is 1.54. The number of anilines is 2. The van der Waals surface area contributed by atoms with Crippen LogP contribution in [0.15, 0.2) is 22.4 Å². The summed E-state index contributed by atoms with van der Waals surface area (Å²) in [5.41, 5.74) is 0. The minimum atomic E-state index is 0.444. The van der Waals surface area contributed by atoms with Crippen LogP contribution in [0.3, 0.4) is 0 Å². The minimum absolute atomic E-state index is 0.444. The Bertz CT molecular complexity index is 757. The quantitative estimate of drug-likeness (QED) is 0.704. The van der Waals surface area contributed by atoms with Gasteiger partial charge in [-0.2, -0.15) is 15.0 Å². The Morgan fingerprint density at radius 3 is 1.81 bits per heavy atom. The highest BCUT2D eigenvalue weighted by atomic mass is 35.5. The molecule has 0 spiro atoms. The monoisotopic (exact) mass is 424 g/mol. The lowest BCUT2D eigenvalue weighted by Gasteiger charge is -2.30. The van der Waals surface area contributed by atoms with E-state index < -0.39 is 0 Å². The van der Waals surface area contributed by atoms with E-state index in [0.29, 0.717) is 15.2 Å². The molecule has 2 aliphatic rings. The largest absolute Gasteiger partial charge is 0.341 e. The number of hydrogen-bond donors (Lipinski definition) is 0.